The number of hydrogen-bond acceptors (Lipinski definition) is 3. The zero-order valence-corrected chi connectivity index (χ0v) is 13.6. The zero-order chi connectivity index (χ0) is 15.3. The summed E-state index contributed by atoms with van der Waals surface area (Å²) in [5.41, 5.74) is 6.53. The molecule has 1 atom stereocenters. The molecule has 0 heterocycles. The lowest BCUT2D eigenvalue weighted by molar-refractivity contribution is 0.330. The van der Waals surface area contributed by atoms with Crippen molar-refractivity contribution in [3.05, 3.63) is 35.9 Å². The Morgan fingerprint density at radius 1 is 1.24 bits per heavy atom. The van der Waals surface area contributed by atoms with E-state index < -0.39 is 16.1 Å². The third-order valence-corrected chi connectivity index (χ3v) is 5.51. The van der Waals surface area contributed by atoms with E-state index in [1.807, 2.05) is 18.2 Å². The summed E-state index contributed by atoms with van der Waals surface area (Å²) in [6.45, 7) is 0. The van der Waals surface area contributed by atoms with E-state index in [9.17, 15) is 8.42 Å². The number of hydrogen-bond donors (Lipinski definition) is 2. The molecule has 2 rings (SSSR count). The van der Waals surface area contributed by atoms with E-state index in [4.69, 9.17) is 18.0 Å². The molecule has 0 radical (unpaired) electrons. The van der Waals surface area contributed by atoms with Crippen LogP contribution in [-0.4, -0.2) is 19.4 Å². The first-order chi connectivity index (χ1) is 9.98. The summed E-state index contributed by atoms with van der Waals surface area (Å²) in [6.07, 6.45) is 5.40. The van der Waals surface area contributed by atoms with E-state index >= 15 is 0 Å². The summed E-state index contributed by atoms with van der Waals surface area (Å²) in [5, 5.41) is 0. The van der Waals surface area contributed by atoms with E-state index in [2.05, 4.69) is 4.72 Å². The number of rotatable bonds is 6. The smallest absolute Gasteiger partial charge is 0.216 e. The Kier molecular flexibility index (Phi) is 5.72. The minimum Gasteiger partial charge on any atom is -0.392 e. The molecule has 0 amide bonds. The largest absolute Gasteiger partial charge is 0.392 e. The third kappa shape index (κ3) is 5.05. The second-order valence-electron chi connectivity index (χ2n) is 5.64. The van der Waals surface area contributed by atoms with Crippen molar-refractivity contribution in [2.24, 2.45) is 11.7 Å². The van der Waals surface area contributed by atoms with Gasteiger partial charge < -0.3 is 5.73 Å². The molecule has 116 valence electrons. The first-order valence-corrected chi connectivity index (χ1v) is 9.37. The van der Waals surface area contributed by atoms with Crippen LogP contribution in [0.3, 0.4) is 0 Å². The van der Waals surface area contributed by atoms with Crippen molar-refractivity contribution >= 4 is 27.2 Å². The fourth-order valence-electron chi connectivity index (χ4n) is 2.88. The van der Waals surface area contributed by atoms with Gasteiger partial charge in [-0.3, -0.25) is 0 Å². The Hall–Kier alpha value is -0.980. The van der Waals surface area contributed by atoms with Gasteiger partial charge in [-0.05, 0) is 24.3 Å². The summed E-state index contributed by atoms with van der Waals surface area (Å²) in [5.74, 6) is 0.182. The van der Waals surface area contributed by atoms with Crippen molar-refractivity contribution in [1.82, 2.24) is 4.72 Å². The van der Waals surface area contributed by atoms with Gasteiger partial charge in [0.15, 0.2) is 0 Å². The molecule has 1 unspecified atom stereocenters. The number of nitrogens with one attached hydrogen (secondary N) is 1. The van der Waals surface area contributed by atoms with Crippen molar-refractivity contribution in [1.29, 1.82) is 0 Å². The summed E-state index contributed by atoms with van der Waals surface area (Å²) < 4.78 is 27.4. The predicted molar refractivity (Wildman–Crippen MR) is 89.3 cm³/mol. The van der Waals surface area contributed by atoms with Gasteiger partial charge in [-0.2, -0.15) is 0 Å². The molecule has 0 aliphatic heterocycles. The zero-order valence-electron chi connectivity index (χ0n) is 12.0. The van der Waals surface area contributed by atoms with E-state index in [0.717, 1.165) is 31.2 Å². The highest BCUT2D eigenvalue weighted by Gasteiger charge is 2.29. The van der Waals surface area contributed by atoms with Crippen LogP contribution in [0.15, 0.2) is 30.3 Å². The van der Waals surface area contributed by atoms with Crippen LogP contribution in [0.5, 0.6) is 0 Å². The van der Waals surface area contributed by atoms with Crippen molar-refractivity contribution < 1.29 is 8.42 Å². The topological polar surface area (TPSA) is 72.2 Å². The molecule has 3 N–H and O–H groups in total. The second-order valence-corrected chi connectivity index (χ2v) is 7.87. The molecule has 0 bridgehead atoms. The average Bonchev–Trinajstić information content (AvgIpc) is 2.46. The van der Waals surface area contributed by atoms with Crippen molar-refractivity contribution in [3.8, 4) is 0 Å². The molecule has 1 aromatic rings. The van der Waals surface area contributed by atoms with E-state index in [0.29, 0.717) is 0 Å². The minimum atomic E-state index is -3.45. The fourth-order valence-corrected chi connectivity index (χ4v) is 4.63. The first kappa shape index (κ1) is 16.4. The Balaban J connectivity index is 2.06. The van der Waals surface area contributed by atoms with Gasteiger partial charge in [-0.25, -0.2) is 13.1 Å². The van der Waals surface area contributed by atoms with Gasteiger partial charge in [-0.15, -0.1) is 0 Å². The average molecular weight is 326 g/mol. The van der Waals surface area contributed by atoms with Crippen LogP contribution < -0.4 is 10.5 Å². The Morgan fingerprint density at radius 3 is 2.43 bits per heavy atom. The van der Waals surface area contributed by atoms with Crippen molar-refractivity contribution in [2.45, 2.75) is 43.9 Å². The highest BCUT2D eigenvalue weighted by Crippen LogP contribution is 2.27. The van der Waals surface area contributed by atoms with Crippen LogP contribution in [0, 0.1) is 5.92 Å². The SMILES string of the molecule is NC(=S)C(NS(=O)(=O)Cc1ccccc1)C1CCCCC1. The molecular weight excluding hydrogens is 304 g/mol. The molecule has 1 fully saturated rings. The maximum atomic E-state index is 12.3. The lowest BCUT2D eigenvalue weighted by Crippen LogP contribution is -2.49. The second kappa shape index (κ2) is 7.33. The van der Waals surface area contributed by atoms with Crippen LogP contribution in [0.1, 0.15) is 37.7 Å². The van der Waals surface area contributed by atoms with Gasteiger partial charge in [0.2, 0.25) is 10.0 Å². The molecular formula is C15H22N2O2S2. The summed E-state index contributed by atoms with van der Waals surface area (Å²) in [6, 6.07) is 8.71. The van der Waals surface area contributed by atoms with Crippen LogP contribution in [-0.2, 0) is 15.8 Å². The molecule has 21 heavy (non-hydrogen) atoms. The lowest BCUT2D eigenvalue weighted by atomic mass is 9.84. The molecule has 0 saturated heterocycles. The number of benzene rings is 1. The lowest BCUT2D eigenvalue weighted by Gasteiger charge is -2.30. The first-order valence-electron chi connectivity index (χ1n) is 7.31. The normalized spacial score (nSPS) is 18.3. The van der Waals surface area contributed by atoms with Gasteiger partial charge >= 0.3 is 0 Å². The van der Waals surface area contributed by atoms with Gasteiger partial charge in [-0.1, -0.05) is 61.8 Å². The van der Waals surface area contributed by atoms with Gasteiger partial charge in [0.25, 0.3) is 0 Å². The quantitative estimate of drug-likeness (QED) is 0.787. The fraction of sp³-hybridized carbons (Fsp3) is 0.533. The predicted octanol–water partition coefficient (Wildman–Crippen LogP) is 2.34. The molecule has 1 aliphatic rings. The van der Waals surface area contributed by atoms with Crippen LogP contribution in [0.4, 0.5) is 0 Å². The van der Waals surface area contributed by atoms with E-state index in [-0.39, 0.29) is 16.7 Å². The Bertz CT molecular complexity index is 567. The van der Waals surface area contributed by atoms with Crippen LogP contribution >= 0.6 is 12.2 Å². The maximum absolute atomic E-state index is 12.3. The molecule has 0 spiro atoms. The number of nitrogens with two attached hydrogens (primary N) is 1. The molecule has 4 nitrogen and oxygen atoms in total. The van der Waals surface area contributed by atoms with Gasteiger partial charge in [0.1, 0.15) is 0 Å². The summed E-state index contributed by atoms with van der Waals surface area (Å²) in [7, 11) is -3.45. The molecule has 6 heteroatoms. The Labute approximate surface area is 132 Å². The summed E-state index contributed by atoms with van der Waals surface area (Å²) in [4.78, 5) is 0.249. The van der Waals surface area contributed by atoms with E-state index in [1.54, 1.807) is 12.1 Å². The standard InChI is InChI=1S/C15H22N2O2S2/c16-15(20)14(13-9-5-2-6-10-13)17-21(18,19)11-12-7-3-1-4-8-12/h1,3-4,7-8,13-14,17H,2,5-6,9-11H2,(H2,16,20). The van der Waals surface area contributed by atoms with Gasteiger partial charge in [0.05, 0.1) is 16.8 Å². The summed E-state index contributed by atoms with van der Waals surface area (Å²) >= 11 is 5.08. The monoisotopic (exact) mass is 326 g/mol. The highest BCUT2D eigenvalue weighted by molar-refractivity contribution is 7.88. The maximum Gasteiger partial charge on any atom is 0.216 e. The third-order valence-electron chi connectivity index (χ3n) is 3.93. The Morgan fingerprint density at radius 2 is 1.86 bits per heavy atom. The molecule has 1 aliphatic carbocycles. The highest BCUT2D eigenvalue weighted by atomic mass is 32.2. The molecule has 1 saturated carbocycles. The number of thiocarbonyl (C=S) groups is 1. The van der Waals surface area contributed by atoms with Crippen molar-refractivity contribution in [3.63, 3.8) is 0 Å². The van der Waals surface area contributed by atoms with Gasteiger partial charge in [0, 0.05) is 0 Å². The van der Waals surface area contributed by atoms with E-state index in [1.165, 1.54) is 6.42 Å². The van der Waals surface area contributed by atoms with Crippen LogP contribution in [0.25, 0.3) is 0 Å². The molecule has 1 aromatic carbocycles. The molecule has 0 aromatic heterocycles. The van der Waals surface area contributed by atoms with Crippen molar-refractivity contribution in [2.75, 3.05) is 0 Å². The minimum absolute atomic E-state index is 0.0420. The van der Waals surface area contributed by atoms with Crippen LogP contribution in [0.2, 0.25) is 0 Å². The number of sulfonamides is 1.